The number of carbonyl (C=O) groups is 4. The molecule has 14 aromatic rings. The first-order valence-corrected chi connectivity index (χ1v) is 55.0. The van der Waals surface area contributed by atoms with Crippen molar-refractivity contribution in [2.45, 2.75) is 157 Å². The van der Waals surface area contributed by atoms with Gasteiger partial charge in [-0.3, -0.25) is 9.59 Å². The fourth-order valence-electron chi connectivity index (χ4n) is 13.5. The molecule has 0 aliphatic carbocycles. The first-order chi connectivity index (χ1) is 71.5. The number of phenolic OH excluding ortho intramolecular Hbond substituents is 2. The molecule has 150 heavy (non-hydrogen) atoms. The van der Waals surface area contributed by atoms with Crippen molar-refractivity contribution >= 4 is 92.4 Å². The predicted molar refractivity (Wildman–Crippen MR) is 596 cm³/mol. The van der Waals surface area contributed by atoms with Gasteiger partial charge in [0.15, 0.2) is 92.8 Å². The van der Waals surface area contributed by atoms with Gasteiger partial charge in [0.05, 0.1) is 39.1 Å². The minimum Gasteiger partial charge on any atom is -0.504 e. The molecule has 14 aromatic carbocycles. The van der Waals surface area contributed by atoms with Crippen molar-refractivity contribution < 1.29 is 124 Å². The summed E-state index contributed by atoms with van der Waals surface area (Å²) in [5.41, 5.74) is 6.77. The third-order valence-electron chi connectivity index (χ3n) is 21.6. The highest BCUT2D eigenvalue weighted by Crippen LogP contribution is 2.41. The van der Waals surface area contributed by atoms with Crippen molar-refractivity contribution in [3.8, 4) is 97.7 Å². The summed E-state index contributed by atoms with van der Waals surface area (Å²) in [7, 11) is 3.62. The molecule has 2 fully saturated rings. The second-order valence-electron chi connectivity index (χ2n) is 33.7. The molecule has 0 radical (unpaired) electrons. The van der Waals surface area contributed by atoms with Crippen LogP contribution in [0.25, 0.3) is 0 Å². The van der Waals surface area contributed by atoms with Crippen LogP contribution in [0, 0.1) is 11.7 Å². The summed E-state index contributed by atoms with van der Waals surface area (Å²) in [6, 6.07) is 103. The Morgan fingerprint density at radius 2 is 0.653 bits per heavy atom. The van der Waals surface area contributed by atoms with Crippen molar-refractivity contribution in [1.29, 1.82) is 0 Å². The largest absolute Gasteiger partial charge is 0.504 e. The number of aromatic hydroxyl groups is 2. The van der Waals surface area contributed by atoms with E-state index in [2.05, 4.69) is 107 Å². The van der Waals surface area contributed by atoms with Crippen LogP contribution in [0.15, 0.2) is 352 Å². The van der Waals surface area contributed by atoms with Crippen LogP contribution in [0.1, 0.15) is 120 Å². The molecule has 23 nitrogen and oxygen atoms in total. The smallest absolute Gasteiger partial charge is 0.369 e. The maximum absolute atomic E-state index is 15.8. The van der Waals surface area contributed by atoms with Crippen LogP contribution in [0.5, 0.6) is 97.7 Å². The monoisotopic (exact) mass is 2280 g/mol. The van der Waals surface area contributed by atoms with Crippen molar-refractivity contribution in [2.24, 2.45) is 5.92 Å². The van der Waals surface area contributed by atoms with Crippen molar-refractivity contribution in [3.63, 3.8) is 0 Å². The quantitative estimate of drug-likeness (QED) is 0.0126. The normalized spacial score (nSPS) is 16.3. The minimum absolute atomic E-state index is 0. The third kappa shape index (κ3) is 42.5. The number of methoxy groups -OCH3 is 3. The van der Waals surface area contributed by atoms with Crippen molar-refractivity contribution in [1.82, 2.24) is 0 Å². The van der Waals surface area contributed by atoms with E-state index in [9.17, 15) is 48.4 Å². The van der Waals surface area contributed by atoms with Crippen LogP contribution in [0.4, 0.5) is 13.2 Å². The SMILES string of the molecule is BrB(Br)Br.C.CC(=O)c1ccc(F)cc1.CCc1ccc(Oc2ccccc2O)cc1.CCc1ccc(Oc2ccccc2OC)cc1.CCc1ccc(Oc2ccccc2OC2OC(CO)C(F)C(O)C2O)cc1.CCc1ccc(Oc2ccccc2OC2OC(COC(=O)c3ccccc3)C(F)C(C)C2OC(=O)c2ccccc2)cc1.COc1ccccc1O.COc1ccccc1Oc1ccc(C(C)=O)cc1.C[Si](C)(C)Cl. The number of hydrogen-bond donors (Lipinski definition) is 5. The van der Waals surface area contributed by atoms with Crippen LogP contribution in [-0.2, 0) is 44.6 Å². The van der Waals surface area contributed by atoms with Gasteiger partial charge >= 0.3 is 15.1 Å². The predicted octanol–water partition coefficient (Wildman–Crippen LogP) is 29.2. The number of aliphatic hydroxyl groups excluding tert-OH is 3. The zero-order chi connectivity index (χ0) is 108. The summed E-state index contributed by atoms with van der Waals surface area (Å²) in [6.45, 7) is 18.2. The molecule has 2 heterocycles. The van der Waals surface area contributed by atoms with Crippen LogP contribution in [0.3, 0.4) is 0 Å². The lowest BCUT2D eigenvalue weighted by Gasteiger charge is -2.41. The average Bonchev–Trinajstić information content (AvgIpc) is 0.801. The third-order valence-corrected chi connectivity index (χ3v) is 21.6. The van der Waals surface area contributed by atoms with Crippen LogP contribution in [-0.4, -0.2) is 150 Å². The maximum atomic E-state index is 15.8. The van der Waals surface area contributed by atoms with Gasteiger partial charge in [0.1, 0.15) is 79.1 Å². The molecule has 0 spiro atoms. The van der Waals surface area contributed by atoms with Gasteiger partial charge in [0.25, 0.3) is 0 Å². The molecule has 0 amide bonds. The summed E-state index contributed by atoms with van der Waals surface area (Å²) >= 11 is 15.0. The number of phenols is 2. The summed E-state index contributed by atoms with van der Waals surface area (Å²) < 4.78 is 121. The number of aliphatic hydroxyl groups is 3. The summed E-state index contributed by atoms with van der Waals surface area (Å²) in [5.74, 6) is 6.46. The van der Waals surface area contributed by atoms with Crippen molar-refractivity contribution in [2.75, 3.05) is 34.5 Å². The standard InChI is InChI=1S/C35H33FO7.C20H23FO6.C15H14O3.C15H16O2.C14H14O2.C8H7FO.C7H8O2.C3H9ClSi.CH4.BBr3/c1-3-24-18-20-27(21-19-24)40-28-16-10-11-17-29(28)41-35-32(43-34(38)26-14-8-5-9-15-26)23(2)31(36)30(42-35)22-39-33(37)25-12-6-4-7-13-25;1-2-12-7-9-13(10-8-12)25-14-5-3-4-6-15(14)26-20-19(24)18(23)17(21)16(11-22)27-20;1-11(16)12-7-9-13(10-8-12)18-15-6-4-3-5-14(15)17-2;1-3-12-8-10-13(11-9-12)17-15-7-5-4-6-14(15)16-2;1-2-11-7-9-12(10-8-11)16-14-6-4-3-5-13(14)15;1-6(10)7-2-4-8(9)5-3-7;1-9-7-5-3-2-4-6(7)8;1-5(2,3)4;;2-1(3)4/h4-21,23,30-32,35H,3,22H2,1-2H3;3-10,16-20,22-24H,2,11H2,1H3;3-10H,1-2H3;4-11H,3H2,1-2H3;3-10,15H,2H2,1H3;2-5H,1H3;2-5,8H,1H3;1-3H3;1H4;. The van der Waals surface area contributed by atoms with E-state index in [1.807, 2.05) is 140 Å². The fraction of sp³-hybridized carbons (Fsp3) is 0.254. The van der Waals surface area contributed by atoms with Gasteiger partial charge in [-0.05, 0) is 256 Å². The molecule has 2 aliphatic heterocycles. The van der Waals surface area contributed by atoms with Crippen LogP contribution < -0.4 is 47.4 Å². The molecule has 10 atom stereocenters. The van der Waals surface area contributed by atoms with E-state index in [0.29, 0.717) is 79.7 Å². The molecule has 0 aromatic heterocycles. The highest BCUT2D eigenvalue weighted by atomic mass is 79.9. The van der Waals surface area contributed by atoms with Gasteiger partial charge in [0.2, 0.25) is 12.6 Å². The number of para-hydroxylation sites is 12. The molecule has 10 unspecified atom stereocenters. The number of halogens is 7. The topological polar surface area (TPSA) is 299 Å². The Balaban J connectivity index is 0.000000247. The molecular weight excluding hydrogens is 2160 g/mol. The Labute approximate surface area is 907 Å². The fourth-order valence-corrected chi connectivity index (χ4v) is 13.5. The lowest BCUT2D eigenvalue weighted by Crippen LogP contribution is -2.58. The number of ether oxygens (including phenoxy) is 14. The molecule has 794 valence electrons. The highest BCUT2D eigenvalue weighted by molar-refractivity contribution is 9.69. The van der Waals surface area contributed by atoms with E-state index in [0.717, 1.165) is 48.7 Å². The average molecular weight is 2290 g/mol. The Morgan fingerprint density at radius 3 is 0.980 bits per heavy atom. The number of hydrogen-bond acceptors (Lipinski definition) is 23. The second-order valence-corrected chi connectivity index (χ2v) is 47.7. The lowest BCUT2D eigenvalue weighted by molar-refractivity contribution is -0.265. The molecule has 5 N–H and O–H groups in total. The first kappa shape index (κ1) is 123. The summed E-state index contributed by atoms with van der Waals surface area (Å²) in [5, 5.41) is 47.6. The van der Waals surface area contributed by atoms with E-state index in [-0.39, 0.29) is 51.9 Å². The Kier molecular flexibility index (Phi) is 53.9. The molecule has 16 rings (SSSR count). The van der Waals surface area contributed by atoms with E-state index < -0.39 is 87.3 Å². The molecular formula is C118H128BBr3ClF3O23Si. The van der Waals surface area contributed by atoms with Gasteiger partial charge in [-0.15, -0.1) is 47.3 Å². The Hall–Kier alpha value is -13.4. The van der Waals surface area contributed by atoms with E-state index in [1.54, 1.807) is 197 Å². The van der Waals surface area contributed by atoms with Gasteiger partial charge in [-0.2, -0.15) is 11.1 Å². The first-order valence-electron chi connectivity index (χ1n) is 47.7. The molecule has 32 heteroatoms. The van der Waals surface area contributed by atoms with Gasteiger partial charge in [-0.25, -0.2) is 22.8 Å². The van der Waals surface area contributed by atoms with Crippen LogP contribution >= 0.6 is 58.3 Å². The molecule has 2 aliphatic rings. The summed E-state index contributed by atoms with van der Waals surface area (Å²) in [6.07, 6.45) is -9.18. The Bertz CT molecular complexity index is 6310. The minimum atomic E-state index is -1.91. The van der Waals surface area contributed by atoms with E-state index in [1.165, 1.54) is 67.5 Å². The number of Topliss-reactive ketones (excluding diaryl/α,β-unsaturated/α-hetero) is 2. The van der Waals surface area contributed by atoms with Gasteiger partial charge < -0.3 is 91.8 Å². The number of carbonyl (C=O) groups excluding carboxylic acids is 4. The van der Waals surface area contributed by atoms with Crippen molar-refractivity contribution in [3.05, 3.63) is 402 Å². The van der Waals surface area contributed by atoms with Crippen LogP contribution in [0.2, 0.25) is 19.6 Å². The zero-order valence-electron chi connectivity index (χ0n) is 84.8. The van der Waals surface area contributed by atoms with E-state index in [4.69, 9.17) is 82.5 Å². The zero-order valence-corrected chi connectivity index (χ0v) is 91.3. The molecule has 2 saturated heterocycles. The second kappa shape index (κ2) is 65.5. The number of ketones is 2. The maximum Gasteiger partial charge on any atom is 0.369 e. The summed E-state index contributed by atoms with van der Waals surface area (Å²) in [4.78, 5) is 47.4. The van der Waals surface area contributed by atoms with Gasteiger partial charge in [-0.1, -0.05) is 219 Å². The van der Waals surface area contributed by atoms with E-state index >= 15 is 4.39 Å². The molecule has 0 saturated carbocycles. The molecule has 0 bridgehead atoms. The number of aryl methyl sites for hydroxylation is 4. The lowest BCUT2D eigenvalue weighted by atomic mass is 9.91. The number of benzene rings is 14. The number of alkyl halides is 2. The number of rotatable bonds is 29. The Morgan fingerprint density at radius 1 is 0.373 bits per heavy atom. The highest BCUT2D eigenvalue weighted by Gasteiger charge is 2.49. The van der Waals surface area contributed by atoms with Gasteiger partial charge in [0, 0.05) is 17.0 Å². The number of esters is 2.